The van der Waals surface area contributed by atoms with E-state index >= 15 is 0 Å². The number of nitrogens with zero attached hydrogens (tertiary/aromatic N) is 1. The second-order valence-corrected chi connectivity index (χ2v) is 5.10. The molecule has 0 unspecified atom stereocenters. The summed E-state index contributed by atoms with van der Waals surface area (Å²) in [7, 11) is 1.55. The lowest BCUT2D eigenvalue weighted by Gasteiger charge is -2.18. The zero-order chi connectivity index (χ0) is 12.3. The average Bonchev–Trinajstić information content (AvgIpc) is 2.16. The molecular formula is C12H13Cl2NO. The second kappa shape index (κ2) is 4.95. The fourth-order valence-corrected chi connectivity index (χ4v) is 2.10. The molecule has 1 rings (SSSR count). The highest BCUT2D eigenvalue weighted by atomic mass is 35.5. The van der Waals surface area contributed by atoms with Gasteiger partial charge in [0.25, 0.3) is 0 Å². The quantitative estimate of drug-likeness (QED) is 0.817. The molecule has 4 heteroatoms. The van der Waals surface area contributed by atoms with Crippen LogP contribution in [0, 0.1) is 16.7 Å². The molecule has 0 aliphatic carbocycles. The van der Waals surface area contributed by atoms with Gasteiger partial charge in [-0.1, -0.05) is 23.2 Å². The van der Waals surface area contributed by atoms with Crippen LogP contribution in [0.3, 0.4) is 0 Å². The summed E-state index contributed by atoms with van der Waals surface area (Å²) in [6.45, 7) is 3.72. The van der Waals surface area contributed by atoms with E-state index < -0.39 is 5.41 Å². The Labute approximate surface area is 106 Å². The van der Waals surface area contributed by atoms with Gasteiger partial charge in [-0.25, -0.2) is 0 Å². The maximum atomic E-state index is 9.00. The summed E-state index contributed by atoms with van der Waals surface area (Å²) in [5.41, 5.74) is 0.382. The zero-order valence-electron chi connectivity index (χ0n) is 9.47. The Bertz CT molecular complexity index is 435. The van der Waals surface area contributed by atoms with E-state index in [0.717, 1.165) is 5.56 Å². The Morgan fingerprint density at radius 3 is 2.50 bits per heavy atom. The first kappa shape index (κ1) is 13.2. The topological polar surface area (TPSA) is 33.0 Å². The summed E-state index contributed by atoms with van der Waals surface area (Å²) in [6, 6.07) is 5.65. The Hall–Kier alpha value is -0.910. The van der Waals surface area contributed by atoms with Crippen LogP contribution in [0.5, 0.6) is 5.75 Å². The van der Waals surface area contributed by atoms with Crippen molar-refractivity contribution in [1.82, 2.24) is 0 Å². The first-order valence-corrected chi connectivity index (χ1v) is 5.58. The summed E-state index contributed by atoms with van der Waals surface area (Å²) >= 11 is 11.9. The van der Waals surface area contributed by atoms with Crippen molar-refractivity contribution in [3.8, 4) is 11.8 Å². The molecule has 0 atom stereocenters. The number of rotatable bonds is 3. The van der Waals surface area contributed by atoms with Crippen molar-refractivity contribution in [2.24, 2.45) is 5.41 Å². The Morgan fingerprint density at radius 2 is 2.00 bits per heavy atom. The maximum Gasteiger partial charge on any atom is 0.140 e. The van der Waals surface area contributed by atoms with Crippen LogP contribution < -0.4 is 4.74 Å². The van der Waals surface area contributed by atoms with Gasteiger partial charge in [0.2, 0.25) is 0 Å². The molecule has 0 saturated carbocycles. The molecule has 0 amide bonds. The van der Waals surface area contributed by atoms with Crippen LogP contribution in [0.1, 0.15) is 19.4 Å². The zero-order valence-corrected chi connectivity index (χ0v) is 11.0. The predicted molar refractivity (Wildman–Crippen MR) is 66.1 cm³/mol. The van der Waals surface area contributed by atoms with Crippen LogP contribution >= 0.6 is 23.2 Å². The second-order valence-electron chi connectivity index (χ2n) is 4.25. The Balaban J connectivity index is 3.18. The van der Waals surface area contributed by atoms with E-state index in [1.54, 1.807) is 19.2 Å². The van der Waals surface area contributed by atoms with Crippen molar-refractivity contribution >= 4 is 23.2 Å². The molecule has 0 bridgehead atoms. The number of halogens is 2. The van der Waals surface area contributed by atoms with Gasteiger partial charge in [0.05, 0.1) is 23.6 Å². The highest BCUT2D eigenvalue weighted by Crippen LogP contribution is 2.35. The molecular weight excluding hydrogens is 245 g/mol. The van der Waals surface area contributed by atoms with Gasteiger partial charge in [-0.15, -0.1) is 0 Å². The first-order valence-electron chi connectivity index (χ1n) is 4.83. The average molecular weight is 258 g/mol. The third-order valence-electron chi connectivity index (χ3n) is 2.22. The highest BCUT2D eigenvalue weighted by Gasteiger charge is 2.21. The van der Waals surface area contributed by atoms with E-state index in [2.05, 4.69) is 6.07 Å². The van der Waals surface area contributed by atoms with Crippen LogP contribution in [0.2, 0.25) is 10.0 Å². The van der Waals surface area contributed by atoms with Crippen molar-refractivity contribution in [2.75, 3.05) is 7.11 Å². The normalized spacial score (nSPS) is 11.0. The molecule has 0 N–H and O–H groups in total. The lowest BCUT2D eigenvalue weighted by Crippen LogP contribution is -2.12. The van der Waals surface area contributed by atoms with Gasteiger partial charge < -0.3 is 4.74 Å². The smallest absolute Gasteiger partial charge is 0.140 e. The number of hydrogen-bond acceptors (Lipinski definition) is 2. The molecule has 0 aliphatic rings. The van der Waals surface area contributed by atoms with Crippen LogP contribution in [-0.2, 0) is 6.42 Å². The number of methoxy groups -OCH3 is 1. The van der Waals surface area contributed by atoms with Gasteiger partial charge in [0.1, 0.15) is 5.75 Å². The summed E-state index contributed by atoms with van der Waals surface area (Å²) in [4.78, 5) is 0. The van der Waals surface area contributed by atoms with Crippen molar-refractivity contribution in [3.63, 3.8) is 0 Å². The minimum absolute atomic E-state index is 0.471. The SMILES string of the molecule is COc1c(Cl)cc(Cl)cc1CC(C)(C)C#N. The molecule has 1 aromatic carbocycles. The van der Waals surface area contributed by atoms with E-state index in [-0.39, 0.29) is 0 Å². The highest BCUT2D eigenvalue weighted by molar-refractivity contribution is 6.35. The molecule has 0 heterocycles. The minimum atomic E-state index is -0.471. The molecule has 0 saturated heterocycles. The minimum Gasteiger partial charge on any atom is -0.495 e. The maximum absolute atomic E-state index is 9.00. The standard InChI is InChI=1S/C12H13Cl2NO/c1-12(2,7-15)6-8-4-9(13)5-10(14)11(8)16-3/h4-5H,6H2,1-3H3. The molecule has 1 aromatic rings. The molecule has 0 spiro atoms. The Kier molecular flexibility index (Phi) is 4.07. The van der Waals surface area contributed by atoms with Crippen molar-refractivity contribution in [3.05, 3.63) is 27.7 Å². The molecule has 0 fully saturated rings. The van der Waals surface area contributed by atoms with E-state index in [0.29, 0.717) is 22.2 Å². The molecule has 0 radical (unpaired) electrons. The van der Waals surface area contributed by atoms with Gasteiger partial charge in [0, 0.05) is 5.02 Å². The fraction of sp³-hybridized carbons (Fsp3) is 0.417. The first-order chi connectivity index (χ1) is 7.39. The summed E-state index contributed by atoms with van der Waals surface area (Å²) in [6.07, 6.45) is 0.549. The Morgan fingerprint density at radius 1 is 1.38 bits per heavy atom. The van der Waals surface area contributed by atoms with Crippen molar-refractivity contribution < 1.29 is 4.74 Å². The van der Waals surface area contributed by atoms with E-state index in [9.17, 15) is 0 Å². The van der Waals surface area contributed by atoms with Crippen LogP contribution in [-0.4, -0.2) is 7.11 Å². The summed E-state index contributed by atoms with van der Waals surface area (Å²) in [5, 5.41) is 10.0. The van der Waals surface area contributed by atoms with E-state index in [1.165, 1.54) is 0 Å². The third kappa shape index (κ3) is 3.04. The number of nitriles is 1. The van der Waals surface area contributed by atoms with Crippen LogP contribution in [0.25, 0.3) is 0 Å². The van der Waals surface area contributed by atoms with Gasteiger partial charge in [-0.3, -0.25) is 0 Å². The van der Waals surface area contributed by atoms with Crippen LogP contribution in [0.4, 0.5) is 0 Å². The number of ether oxygens (including phenoxy) is 1. The predicted octanol–water partition coefficient (Wildman–Crippen LogP) is 4.09. The fourth-order valence-electron chi connectivity index (χ4n) is 1.49. The van der Waals surface area contributed by atoms with E-state index in [4.69, 9.17) is 33.2 Å². The monoisotopic (exact) mass is 257 g/mol. The molecule has 16 heavy (non-hydrogen) atoms. The lowest BCUT2D eigenvalue weighted by molar-refractivity contribution is 0.399. The van der Waals surface area contributed by atoms with Crippen molar-refractivity contribution in [2.45, 2.75) is 20.3 Å². The molecule has 0 aromatic heterocycles. The van der Waals surface area contributed by atoms with Gasteiger partial charge >= 0.3 is 0 Å². The van der Waals surface area contributed by atoms with Gasteiger partial charge in [0.15, 0.2) is 0 Å². The summed E-state index contributed by atoms with van der Waals surface area (Å²) in [5.74, 6) is 0.592. The molecule has 86 valence electrons. The van der Waals surface area contributed by atoms with Gasteiger partial charge in [-0.05, 0) is 38.0 Å². The lowest BCUT2D eigenvalue weighted by atomic mass is 9.87. The van der Waals surface area contributed by atoms with Gasteiger partial charge in [-0.2, -0.15) is 5.26 Å². The number of hydrogen-bond donors (Lipinski definition) is 0. The van der Waals surface area contributed by atoms with E-state index in [1.807, 2.05) is 13.8 Å². The third-order valence-corrected chi connectivity index (χ3v) is 2.72. The summed E-state index contributed by atoms with van der Waals surface area (Å²) < 4.78 is 5.22. The number of benzene rings is 1. The van der Waals surface area contributed by atoms with Crippen molar-refractivity contribution in [1.29, 1.82) is 5.26 Å². The molecule has 0 aliphatic heterocycles. The largest absolute Gasteiger partial charge is 0.495 e. The van der Waals surface area contributed by atoms with Crippen LogP contribution in [0.15, 0.2) is 12.1 Å². The molecule has 2 nitrogen and oxygen atoms in total.